The topological polar surface area (TPSA) is 68.5 Å². The molecule has 0 atom stereocenters. The molecule has 0 radical (unpaired) electrons. The van der Waals surface area contributed by atoms with Crippen LogP contribution in [0.5, 0.6) is 5.75 Å². The molecule has 1 N–H and O–H groups in total. The van der Waals surface area contributed by atoms with Gasteiger partial charge in [0.15, 0.2) is 18.2 Å². The SMILES string of the molecule is O=C(COc1ccccc1F)NN=Cc1cn(-c2ccccc2)nc1-c1cccs1. The van der Waals surface area contributed by atoms with Crippen molar-refractivity contribution in [3.8, 4) is 22.0 Å². The van der Waals surface area contributed by atoms with Crippen LogP contribution in [0.25, 0.3) is 16.3 Å². The largest absolute Gasteiger partial charge is 0.481 e. The molecule has 0 fully saturated rings. The molecule has 0 spiro atoms. The monoisotopic (exact) mass is 420 g/mol. The van der Waals surface area contributed by atoms with E-state index in [1.165, 1.54) is 18.3 Å². The summed E-state index contributed by atoms with van der Waals surface area (Å²) < 4.78 is 20.5. The van der Waals surface area contributed by atoms with Crippen LogP contribution < -0.4 is 10.2 Å². The van der Waals surface area contributed by atoms with Gasteiger partial charge in [0.1, 0.15) is 5.69 Å². The molecule has 2 aromatic carbocycles. The highest BCUT2D eigenvalue weighted by atomic mass is 32.1. The van der Waals surface area contributed by atoms with Gasteiger partial charge >= 0.3 is 0 Å². The molecule has 4 aromatic rings. The molecule has 150 valence electrons. The molecule has 0 saturated carbocycles. The van der Waals surface area contributed by atoms with Crippen LogP contribution in [0.15, 0.2) is 83.4 Å². The van der Waals surface area contributed by atoms with Crippen LogP contribution in [0.3, 0.4) is 0 Å². The maximum atomic E-state index is 13.5. The first-order chi connectivity index (χ1) is 14.7. The average Bonchev–Trinajstić information content (AvgIpc) is 3.44. The molecule has 4 rings (SSSR count). The van der Waals surface area contributed by atoms with E-state index in [1.54, 1.807) is 28.2 Å². The number of thiophene rings is 1. The summed E-state index contributed by atoms with van der Waals surface area (Å²) in [7, 11) is 0. The normalized spacial score (nSPS) is 11.0. The molecule has 6 nitrogen and oxygen atoms in total. The second-order valence-electron chi connectivity index (χ2n) is 6.20. The highest BCUT2D eigenvalue weighted by Crippen LogP contribution is 2.26. The lowest BCUT2D eigenvalue weighted by Crippen LogP contribution is -2.24. The molecule has 0 aliphatic rings. The second-order valence-corrected chi connectivity index (χ2v) is 7.15. The molecule has 30 heavy (non-hydrogen) atoms. The Morgan fingerprint density at radius 2 is 1.93 bits per heavy atom. The van der Waals surface area contributed by atoms with Crippen LogP contribution in [0, 0.1) is 5.82 Å². The van der Waals surface area contributed by atoms with E-state index in [1.807, 2.05) is 54.0 Å². The van der Waals surface area contributed by atoms with E-state index < -0.39 is 11.7 Å². The van der Waals surface area contributed by atoms with Gasteiger partial charge in [-0.1, -0.05) is 36.4 Å². The second kappa shape index (κ2) is 9.15. The number of halogens is 1. The van der Waals surface area contributed by atoms with Crippen molar-refractivity contribution in [2.45, 2.75) is 0 Å². The number of carbonyl (C=O) groups excluding carboxylic acids is 1. The van der Waals surface area contributed by atoms with E-state index in [-0.39, 0.29) is 12.4 Å². The molecule has 2 aromatic heterocycles. The van der Waals surface area contributed by atoms with Crippen LogP contribution in [0.1, 0.15) is 5.56 Å². The van der Waals surface area contributed by atoms with Crippen molar-refractivity contribution in [2.75, 3.05) is 6.61 Å². The third-order valence-electron chi connectivity index (χ3n) is 4.11. The van der Waals surface area contributed by atoms with Gasteiger partial charge < -0.3 is 4.74 Å². The summed E-state index contributed by atoms with van der Waals surface area (Å²) >= 11 is 1.57. The lowest BCUT2D eigenvalue weighted by atomic mass is 10.2. The fourth-order valence-electron chi connectivity index (χ4n) is 2.71. The number of aromatic nitrogens is 2. The molecule has 2 heterocycles. The zero-order chi connectivity index (χ0) is 20.8. The molecule has 1 amide bonds. The first-order valence-corrected chi connectivity index (χ1v) is 9.97. The van der Waals surface area contributed by atoms with E-state index in [2.05, 4.69) is 15.6 Å². The number of nitrogens with one attached hydrogen (secondary N) is 1. The predicted molar refractivity (Wildman–Crippen MR) is 115 cm³/mol. The van der Waals surface area contributed by atoms with Crippen molar-refractivity contribution in [2.24, 2.45) is 5.10 Å². The van der Waals surface area contributed by atoms with Crippen molar-refractivity contribution < 1.29 is 13.9 Å². The summed E-state index contributed by atoms with van der Waals surface area (Å²) in [6.45, 7) is -0.348. The van der Waals surface area contributed by atoms with Gasteiger partial charge in [0.2, 0.25) is 0 Å². The average molecular weight is 420 g/mol. The number of hydrazone groups is 1. The maximum absolute atomic E-state index is 13.5. The van der Waals surface area contributed by atoms with E-state index in [4.69, 9.17) is 4.74 Å². The number of carbonyl (C=O) groups is 1. The van der Waals surface area contributed by atoms with Crippen molar-refractivity contribution in [1.82, 2.24) is 15.2 Å². The van der Waals surface area contributed by atoms with Crippen molar-refractivity contribution in [3.05, 3.63) is 89.7 Å². The summed E-state index contributed by atoms with van der Waals surface area (Å²) in [5, 5.41) is 10.6. The Kier molecular flexibility index (Phi) is 5.95. The Balaban J connectivity index is 1.46. The van der Waals surface area contributed by atoms with Gasteiger partial charge in [-0.2, -0.15) is 10.2 Å². The standard InChI is InChI=1S/C22H17FN4O2S/c23-18-9-4-5-10-19(18)29-15-21(28)25-24-13-16-14-27(17-7-2-1-3-8-17)26-22(16)20-11-6-12-30-20/h1-14H,15H2,(H,25,28). The molecule has 0 saturated heterocycles. The molecular weight excluding hydrogens is 403 g/mol. The minimum atomic E-state index is -0.525. The first-order valence-electron chi connectivity index (χ1n) is 9.09. The van der Waals surface area contributed by atoms with Gasteiger partial charge in [0.25, 0.3) is 5.91 Å². The van der Waals surface area contributed by atoms with Gasteiger partial charge in [-0.25, -0.2) is 14.5 Å². The Hall–Kier alpha value is -3.78. The summed E-state index contributed by atoms with van der Waals surface area (Å²) in [4.78, 5) is 13.0. The van der Waals surface area contributed by atoms with Gasteiger partial charge in [0.05, 0.1) is 16.8 Å². The fraction of sp³-hybridized carbons (Fsp3) is 0.0455. The highest BCUT2D eigenvalue weighted by Gasteiger charge is 2.12. The van der Waals surface area contributed by atoms with Crippen molar-refractivity contribution in [3.63, 3.8) is 0 Å². The molecule has 0 aliphatic heterocycles. The van der Waals surface area contributed by atoms with Crippen LogP contribution in [0.4, 0.5) is 4.39 Å². The quantitative estimate of drug-likeness (QED) is 0.359. The fourth-order valence-corrected chi connectivity index (χ4v) is 3.44. The number of benzene rings is 2. The Labute approximate surface area is 176 Å². The summed E-state index contributed by atoms with van der Waals surface area (Å²) in [6.07, 6.45) is 3.37. The molecule has 0 bridgehead atoms. The number of para-hydroxylation sites is 2. The lowest BCUT2D eigenvalue weighted by Gasteiger charge is -2.05. The first kappa shape index (κ1) is 19.5. The minimum Gasteiger partial charge on any atom is -0.481 e. The van der Waals surface area contributed by atoms with Crippen LogP contribution >= 0.6 is 11.3 Å². The number of rotatable bonds is 7. The smallest absolute Gasteiger partial charge is 0.277 e. The Bertz CT molecular complexity index is 1160. The molecule has 0 unspecified atom stereocenters. The Morgan fingerprint density at radius 3 is 2.70 bits per heavy atom. The van der Waals surface area contributed by atoms with Gasteiger partial charge in [-0.05, 0) is 35.7 Å². The van der Waals surface area contributed by atoms with Gasteiger partial charge in [-0.15, -0.1) is 11.3 Å². The maximum Gasteiger partial charge on any atom is 0.277 e. The van der Waals surface area contributed by atoms with E-state index >= 15 is 0 Å². The van der Waals surface area contributed by atoms with Crippen LogP contribution in [-0.2, 0) is 4.79 Å². The molecular formula is C22H17FN4O2S. The van der Waals surface area contributed by atoms with Crippen molar-refractivity contribution in [1.29, 1.82) is 0 Å². The summed E-state index contributed by atoms with van der Waals surface area (Å²) in [6, 6.07) is 19.5. The molecule has 0 aliphatic carbocycles. The highest BCUT2D eigenvalue weighted by molar-refractivity contribution is 7.13. The molecule has 8 heteroatoms. The predicted octanol–water partition coefficient (Wildman–Crippen LogP) is 4.27. The lowest BCUT2D eigenvalue weighted by molar-refractivity contribution is -0.123. The van der Waals surface area contributed by atoms with Gasteiger partial charge in [-0.3, -0.25) is 4.79 Å². The van der Waals surface area contributed by atoms with E-state index in [9.17, 15) is 9.18 Å². The summed E-state index contributed by atoms with van der Waals surface area (Å²) in [5.74, 6) is -1.01. The Morgan fingerprint density at radius 1 is 1.13 bits per heavy atom. The van der Waals surface area contributed by atoms with E-state index in [0.29, 0.717) is 0 Å². The van der Waals surface area contributed by atoms with E-state index in [0.717, 1.165) is 21.8 Å². The third kappa shape index (κ3) is 4.61. The number of amides is 1. The van der Waals surface area contributed by atoms with Gasteiger partial charge in [0, 0.05) is 11.8 Å². The number of hydrogen-bond donors (Lipinski definition) is 1. The number of hydrogen-bond acceptors (Lipinski definition) is 5. The zero-order valence-electron chi connectivity index (χ0n) is 15.7. The van der Waals surface area contributed by atoms with Crippen LogP contribution in [0.2, 0.25) is 0 Å². The summed E-state index contributed by atoms with van der Waals surface area (Å²) in [5.41, 5.74) is 4.81. The van der Waals surface area contributed by atoms with Crippen LogP contribution in [-0.4, -0.2) is 28.5 Å². The van der Waals surface area contributed by atoms with Crippen molar-refractivity contribution >= 4 is 23.5 Å². The third-order valence-corrected chi connectivity index (χ3v) is 4.98. The minimum absolute atomic E-state index is 0.0146. The zero-order valence-corrected chi connectivity index (χ0v) is 16.6. The number of nitrogens with zero attached hydrogens (tertiary/aromatic N) is 3. The number of ether oxygens (including phenoxy) is 1.